The largest absolute Gasteiger partial charge is 0.478 e. The topological polar surface area (TPSA) is 107 Å². The van der Waals surface area contributed by atoms with Gasteiger partial charge in [-0.05, 0) is 32.4 Å². The fourth-order valence-corrected chi connectivity index (χ4v) is 4.73. The number of nitrogens with zero attached hydrogens (tertiary/aromatic N) is 3. The molecule has 0 aromatic carbocycles. The first-order valence-electron chi connectivity index (χ1n) is 7.01. The summed E-state index contributed by atoms with van der Waals surface area (Å²) in [6.07, 6.45) is 3.87. The van der Waals surface area contributed by atoms with E-state index in [0.717, 1.165) is 38.5 Å². The summed E-state index contributed by atoms with van der Waals surface area (Å²) in [5.74, 6) is -1.29. The highest BCUT2D eigenvalue weighted by molar-refractivity contribution is 7.89. The summed E-state index contributed by atoms with van der Waals surface area (Å²) in [6, 6.07) is 0.235. The van der Waals surface area contributed by atoms with Gasteiger partial charge >= 0.3 is 5.97 Å². The zero-order valence-corrected chi connectivity index (χ0v) is 12.3. The van der Waals surface area contributed by atoms with Crippen LogP contribution >= 0.6 is 0 Å². The molecule has 1 aromatic rings. The van der Waals surface area contributed by atoms with Gasteiger partial charge in [-0.2, -0.15) is 9.40 Å². The SMILES string of the molecule is O=C(O)c1cn[nH]c1S(=O)(=O)N1CCCN2CCCC2C1. The van der Waals surface area contributed by atoms with Crippen molar-refractivity contribution >= 4 is 16.0 Å². The molecule has 3 rings (SSSR count). The van der Waals surface area contributed by atoms with Gasteiger partial charge in [0.15, 0.2) is 5.03 Å². The zero-order valence-electron chi connectivity index (χ0n) is 11.5. The second-order valence-electron chi connectivity index (χ2n) is 5.47. The Balaban J connectivity index is 1.90. The van der Waals surface area contributed by atoms with Crippen LogP contribution in [0.4, 0.5) is 0 Å². The summed E-state index contributed by atoms with van der Waals surface area (Å²) >= 11 is 0. The van der Waals surface area contributed by atoms with Gasteiger partial charge in [0.1, 0.15) is 5.56 Å². The van der Waals surface area contributed by atoms with Gasteiger partial charge < -0.3 is 5.11 Å². The number of fused-ring (bicyclic) bond motifs is 1. The third-order valence-electron chi connectivity index (χ3n) is 4.20. The van der Waals surface area contributed by atoms with E-state index in [1.165, 1.54) is 4.31 Å². The average molecular weight is 314 g/mol. The van der Waals surface area contributed by atoms with E-state index in [0.29, 0.717) is 13.1 Å². The Hall–Kier alpha value is -1.45. The minimum Gasteiger partial charge on any atom is -0.478 e. The number of aromatic amines is 1. The lowest BCUT2D eigenvalue weighted by Crippen LogP contribution is -2.40. The quantitative estimate of drug-likeness (QED) is 0.811. The van der Waals surface area contributed by atoms with Crippen LogP contribution < -0.4 is 0 Å². The maximum atomic E-state index is 12.7. The fraction of sp³-hybridized carbons (Fsp3) is 0.667. The molecular weight excluding hydrogens is 296 g/mol. The van der Waals surface area contributed by atoms with Crippen molar-refractivity contribution in [3.05, 3.63) is 11.8 Å². The van der Waals surface area contributed by atoms with E-state index in [1.54, 1.807) is 0 Å². The van der Waals surface area contributed by atoms with Crippen molar-refractivity contribution in [1.82, 2.24) is 19.4 Å². The first kappa shape index (κ1) is 14.5. The fourth-order valence-electron chi connectivity index (χ4n) is 3.14. The number of rotatable bonds is 3. The van der Waals surface area contributed by atoms with Crippen LogP contribution in [0, 0.1) is 0 Å². The van der Waals surface area contributed by atoms with Gasteiger partial charge in [-0.3, -0.25) is 10.00 Å². The van der Waals surface area contributed by atoms with Crippen molar-refractivity contribution in [2.24, 2.45) is 0 Å². The van der Waals surface area contributed by atoms with Crippen molar-refractivity contribution in [2.45, 2.75) is 30.3 Å². The highest BCUT2D eigenvalue weighted by atomic mass is 32.2. The molecule has 9 heteroatoms. The Kier molecular flexibility index (Phi) is 3.72. The van der Waals surface area contributed by atoms with E-state index in [4.69, 9.17) is 5.11 Å². The number of aromatic carboxylic acids is 1. The van der Waals surface area contributed by atoms with Crippen molar-refractivity contribution < 1.29 is 18.3 Å². The maximum absolute atomic E-state index is 12.7. The molecule has 0 amide bonds. The van der Waals surface area contributed by atoms with Crippen LogP contribution in [0.2, 0.25) is 0 Å². The molecule has 0 saturated carbocycles. The summed E-state index contributed by atoms with van der Waals surface area (Å²) in [5.41, 5.74) is -0.303. The molecule has 1 unspecified atom stereocenters. The molecule has 3 heterocycles. The molecule has 2 aliphatic rings. The van der Waals surface area contributed by atoms with E-state index in [9.17, 15) is 13.2 Å². The normalized spacial score (nSPS) is 24.7. The lowest BCUT2D eigenvalue weighted by Gasteiger charge is -2.24. The van der Waals surface area contributed by atoms with E-state index < -0.39 is 16.0 Å². The molecule has 2 fully saturated rings. The molecule has 2 N–H and O–H groups in total. The molecule has 0 spiro atoms. The molecule has 0 bridgehead atoms. The van der Waals surface area contributed by atoms with E-state index >= 15 is 0 Å². The van der Waals surface area contributed by atoms with Crippen LogP contribution in [0.15, 0.2) is 11.2 Å². The third-order valence-corrected chi connectivity index (χ3v) is 6.04. The summed E-state index contributed by atoms with van der Waals surface area (Å²) in [6.45, 7) is 2.74. The zero-order chi connectivity index (χ0) is 15.0. The summed E-state index contributed by atoms with van der Waals surface area (Å²) < 4.78 is 26.8. The van der Waals surface area contributed by atoms with Crippen molar-refractivity contribution in [1.29, 1.82) is 0 Å². The van der Waals surface area contributed by atoms with Crippen LogP contribution in [0.3, 0.4) is 0 Å². The van der Waals surface area contributed by atoms with Gasteiger partial charge in [-0.15, -0.1) is 0 Å². The van der Waals surface area contributed by atoms with E-state index in [2.05, 4.69) is 15.1 Å². The molecule has 0 aliphatic carbocycles. The Labute approximate surface area is 122 Å². The van der Waals surface area contributed by atoms with Crippen LogP contribution in [0.1, 0.15) is 29.6 Å². The predicted molar refractivity (Wildman–Crippen MR) is 73.5 cm³/mol. The molecule has 2 aliphatic heterocycles. The molecule has 2 saturated heterocycles. The molecule has 8 nitrogen and oxygen atoms in total. The van der Waals surface area contributed by atoms with E-state index in [-0.39, 0.29) is 16.6 Å². The first-order valence-corrected chi connectivity index (χ1v) is 8.45. The van der Waals surface area contributed by atoms with Gasteiger partial charge in [-0.1, -0.05) is 0 Å². The highest BCUT2D eigenvalue weighted by Gasteiger charge is 2.36. The lowest BCUT2D eigenvalue weighted by atomic mass is 10.2. The lowest BCUT2D eigenvalue weighted by molar-refractivity contribution is 0.0692. The number of hydrogen-bond donors (Lipinski definition) is 2. The molecule has 1 atom stereocenters. The number of sulfonamides is 1. The summed E-state index contributed by atoms with van der Waals surface area (Å²) in [7, 11) is -3.85. The second-order valence-corrected chi connectivity index (χ2v) is 7.34. The Morgan fingerprint density at radius 1 is 1.33 bits per heavy atom. The summed E-state index contributed by atoms with van der Waals surface area (Å²) in [5, 5.41) is 14.7. The number of aromatic nitrogens is 2. The Bertz CT molecular complexity index is 641. The second kappa shape index (κ2) is 5.39. The third kappa shape index (κ3) is 2.56. The van der Waals surface area contributed by atoms with Crippen molar-refractivity contribution in [3.63, 3.8) is 0 Å². The Morgan fingerprint density at radius 2 is 2.10 bits per heavy atom. The van der Waals surface area contributed by atoms with Gasteiger partial charge in [0.05, 0.1) is 6.20 Å². The molecule has 0 radical (unpaired) electrons. The van der Waals surface area contributed by atoms with Gasteiger partial charge in [0.25, 0.3) is 10.0 Å². The first-order chi connectivity index (χ1) is 10.00. The van der Waals surface area contributed by atoms with Gasteiger partial charge in [0.2, 0.25) is 0 Å². The van der Waals surface area contributed by atoms with Gasteiger partial charge in [0, 0.05) is 19.1 Å². The van der Waals surface area contributed by atoms with Crippen molar-refractivity contribution in [2.75, 3.05) is 26.2 Å². The van der Waals surface area contributed by atoms with E-state index in [1.807, 2.05) is 0 Å². The number of hydrogen-bond acceptors (Lipinski definition) is 5. The number of carboxylic acids is 1. The number of nitrogens with one attached hydrogen (secondary N) is 1. The number of carbonyl (C=O) groups is 1. The minimum absolute atomic E-state index is 0.235. The van der Waals surface area contributed by atoms with Crippen LogP contribution in [-0.4, -0.2) is 71.1 Å². The highest BCUT2D eigenvalue weighted by Crippen LogP contribution is 2.25. The average Bonchev–Trinajstić information content (AvgIpc) is 3.04. The number of H-pyrrole nitrogens is 1. The number of carboxylic acid groups (broad SMARTS) is 1. The molecule has 1 aromatic heterocycles. The van der Waals surface area contributed by atoms with Crippen LogP contribution in [0.5, 0.6) is 0 Å². The van der Waals surface area contributed by atoms with Gasteiger partial charge in [-0.25, -0.2) is 13.2 Å². The summed E-state index contributed by atoms with van der Waals surface area (Å²) in [4.78, 5) is 13.4. The maximum Gasteiger partial charge on any atom is 0.340 e. The molecule has 116 valence electrons. The molecule has 21 heavy (non-hydrogen) atoms. The van der Waals surface area contributed by atoms with Crippen LogP contribution in [0.25, 0.3) is 0 Å². The monoisotopic (exact) mass is 314 g/mol. The standard InChI is InChI=1S/C12H18N4O4S/c17-12(18)10-7-13-14-11(10)21(19,20)16-6-2-5-15-4-1-3-9(15)8-16/h7,9H,1-6,8H2,(H,13,14)(H,17,18). The van der Waals surface area contributed by atoms with Crippen molar-refractivity contribution in [3.8, 4) is 0 Å². The predicted octanol–water partition coefficient (Wildman–Crippen LogP) is -0.0333. The Morgan fingerprint density at radius 3 is 2.86 bits per heavy atom. The molecular formula is C12H18N4O4S. The minimum atomic E-state index is -3.85. The smallest absolute Gasteiger partial charge is 0.340 e. The van der Waals surface area contributed by atoms with Crippen LogP contribution in [-0.2, 0) is 10.0 Å².